The molecule has 0 unspecified atom stereocenters. The van der Waals surface area contributed by atoms with Crippen LogP contribution in [0.1, 0.15) is 51.5 Å². The van der Waals surface area contributed by atoms with Gasteiger partial charge in [-0.15, -0.1) is 0 Å². The quantitative estimate of drug-likeness (QED) is 0.815. The first-order valence-electron chi connectivity index (χ1n) is 9.49. The topological polar surface area (TPSA) is 29.5 Å². The minimum Gasteiger partial charge on any atom is -0.376 e. The molecule has 0 bridgehead atoms. The van der Waals surface area contributed by atoms with Crippen molar-refractivity contribution < 1.29 is 9.53 Å². The standard InChI is InChI=1S/C21H31NO2/c1-21(2)16-18(10-13-24-21)19(14-17-8-4-3-5-9-17)15-20(23)22-11-6-7-12-22/h3-5,8-9,18-19H,6-7,10-16H2,1-2H3/t18-,19-/m0/s1. The van der Waals surface area contributed by atoms with Gasteiger partial charge in [0, 0.05) is 26.1 Å². The molecular formula is C21H31NO2. The van der Waals surface area contributed by atoms with E-state index in [1.54, 1.807) is 0 Å². The zero-order valence-electron chi connectivity index (χ0n) is 15.2. The minimum atomic E-state index is -0.0610. The van der Waals surface area contributed by atoms with Crippen molar-refractivity contribution in [1.82, 2.24) is 4.90 Å². The van der Waals surface area contributed by atoms with Gasteiger partial charge in [0.2, 0.25) is 5.91 Å². The van der Waals surface area contributed by atoms with Crippen molar-refractivity contribution in [1.29, 1.82) is 0 Å². The average Bonchev–Trinajstić information content (AvgIpc) is 3.09. The van der Waals surface area contributed by atoms with Gasteiger partial charge in [-0.25, -0.2) is 0 Å². The number of hydrogen-bond acceptors (Lipinski definition) is 2. The Morgan fingerprint density at radius 2 is 1.96 bits per heavy atom. The molecule has 0 saturated carbocycles. The second kappa shape index (κ2) is 7.69. The Bertz CT molecular complexity index is 534. The summed E-state index contributed by atoms with van der Waals surface area (Å²) in [6.07, 6.45) is 6.15. The SMILES string of the molecule is CC1(C)C[C@@H]([C@H](CC(=O)N2CCCC2)Cc2ccccc2)CCO1. The number of amides is 1. The summed E-state index contributed by atoms with van der Waals surface area (Å²) in [5.41, 5.74) is 1.29. The molecule has 132 valence electrons. The van der Waals surface area contributed by atoms with Crippen LogP contribution in [-0.2, 0) is 16.0 Å². The van der Waals surface area contributed by atoms with Crippen molar-refractivity contribution in [3.05, 3.63) is 35.9 Å². The van der Waals surface area contributed by atoms with E-state index in [4.69, 9.17) is 4.74 Å². The Morgan fingerprint density at radius 3 is 2.62 bits per heavy atom. The zero-order chi connectivity index (χ0) is 17.0. The molecule has 0 aromatic heterocycles. The molecule has 2 atom stereocenters. The molecule has 24 heavy (non-hydrogen) atoms. The number of carbonyl (C=O) groups is 1. The summed E-state index contributed by atoms with van der Waals surface area (Å²) in [5, 5.41) is 0. The molecule has 0 spiro atoms. The van der Waals surface area contributed by atoms with Gasteiger partial charge >= 0.3 is 0 Å². The highest BCUT2D eigenvalue weighted by molar-refractivity contribution is 5.76. The highest BCUT2D eigenvalue weighted by Gasteiger charge is 2.35. The van der Waals surface area contributed by atoms with Gasteiger partial charge in [-0.1, -0.05) is 30.3 Å². The van der Waals surface area contributed by atoms with Crippen LogP contribution in [0.3, 0.4) is 0 Å². The van der Waals surface area contributed by atoms with Crippen LogP contribution in [0.25, 0.3) is 0 Å². The van der Waals surface area contributed by atoms with Crippen molar-refractivity contribution in [3.8, 4) is 0 Å². The molecule has 3 rings (SSSR count). The lowest BCUT2D eigenvalue weighted by molar-refractivity contribution is -0.133. The van der Waals surface area contributed by atoms with E-state index in [9.17, 15) is 4.79 Å². The first-order chi connectivity index (χ1) is 11.5. The number of hydrogen-bond donors (Lipinski definition) is 0. The van der Waals surface area contributed by atoms with Crippen LogP contribution in [0.15, 0.2) is 30.3 Å². The van der Waals surface area contributed by atoms with Crippen LogP contribution in [0.4, 0.5) is 0 Å². The van der Waals surface area contributed by atoms with Crippen molar-refractivity contribution in [3.63, 3.8) is 0 Å². The molecule has 1 aromatic rings. The Morgan fingerprint density at radius 1 is 1.25 bits per heavy atom. The fraction of sp³-hybridized carbons (Fsp3) is 0.667. The molecule has 2 aliphatic heterocycles. The summed E-state index contributed by atoms with van der Waals surface area (Å²) in [7, 11) is 0. The molecule has 2 saturated heterocycles. The van der Waals surface area contributed by atoms with Crippen LogP contribution in [0, 0.1) is 11.8 Å². The minimum absolute atomic E-state index is 0.0610. The van der Waals surface area contributed by atoms with E-state index in [-0.39, 0.29) is 5.60 Å². The number of benzene rings is 1. The van der Waals surface area contributed by atoms with Crippen LogP contribution < -0.4 is 0 Å². The first kappa shape index (κ1) is 17.5. The molecule has 3 heteroatoms. The van der Waals surface area contributed by atoms with E-state index < -0.39 is 0 Å². The molecule has 1 aromatic carbocycles. The average molecular weight is 329 g/mol. The summed E-state index contributed by atoms with van der Waals surface area (Å²) in [6.45, 7) is 7.09. The number of carbonyl (C=O) groups excluding carboxylic acids is 1. The maximum absolute atomic E-state index is 12.7. The Balaban J connectivity index is 1.71. The maximum atomic E-state index is 12.7. The second-order valence-electron chi connectivity index (χ2n) is 8.10. The molecule has 2 aliphatic rings. The highest BCUT2D eigenvalue weighted by Crippen LogP contribution is 2.36. The van der Waals surface area contributed by atoms with Crippen molar-refractivity contribution in [2.75, 3.05) is 19.7 Å². The fourth-order valence-electron chi connectivity index (χ4n) is 4.32. The molecule has 3 nitrogen and oxygen atoms in total. The van der Waals surface area contributed by atoms with Crippen molar-refractivity contribution in [2.45, 2.75) is 58.0 Å². The molecule has 0 aliphatic carbocycles. The van der Waals surface area contributed by atoms with E-state index >= 15 is 0 Å². The number of likely N-dealkylation sites (tertiary alicyclic amines) is 1. The predicted molar refractivity (Wildman–Crippen MR) is 96.8 cm³/mol. The van der Waals surface area contributed by atoms with Gasteiger partial charge in [-0.3, -0.25) is 4.79 Å². The third-order valence-corrected chi connectivity index (χ3v) is 5.64. The number of ether oxygens (including phenoxy) is 1. The van der Waals surface area contributed by atoms with Crippen LogP contribution in [-0.4, -0.2) is 36.1 Å². The molecule has 2 heterocycles. The molecule has 0 radical (unpaired) electrons. The third kappa shape index (κ3) is 4.60. The van der Waals surface area contributed by atoms with Gasteiger partial charge in [0.15, 0.2) is 0 Å². The van der Waals surface area contributed by atoms with Gasteiger partial charge in [0.05, 0.1) is 5.60 Å². The van der Waals surface area contributed by atoms with E-state index in [1.807, 2.05) is 0 Å². The van der Waals surface area contributed by atoms with Gasteiger partial charge in [0.1, 0.15) is 0 Å². The first-order valence-corrected chi connectivity index (χ1v) is 9.49. The maximum Gasteiger partial charge on any atom is 0.222 e. The third-order valence-electron chi connectivity index (χ3n) is 5.64. The normalized spacial score (nSPS) is 24.8. The number of rotatable bonds is 5. The number of nitrogens with zero attached hydrogens (tertiary/aromatic N) is 1. The molecule has 0 N–H and O–H groups in total. The van der Waals surface area contributed by atoms with Gasteiger partial charge in [-0.2, -0.15) is 0 Å². The van der Waals surface area contributed by atoms with Crippen LogP contribution >= 0.6 is 0 Å². The van der Waals surface area contributed by atoms with E-state index in [0.717, 1.165) is 39.0 Å². The highest BCUT2D eigenvalue weighted by atomic mass is 16.5. The van der Waals surface area contributed by atoms with Crippen LogP contribution in [0.5, 0.6) is 0 Å². The van der Waals surface area contributed by atoms with Crippen molar-refractivity contribution >= 4 is 5.91 Å². The fourth-order valence-corrected chi connectivity index (χ4v) is 4.32. The Labute approximate surface area is 146 Å². The summed E-state index contributed by atoms with van der Waals surface area (Å²) in [5.74, 6) is 1.35. The largest absolute Gasteiger partial charge is 0.376 e. The Kier molecular flexibility index (Phi) is 5.60. The lowest BCUT2D eigenvalue weighted by Gasteiger charge is -2.39. The summed E-state index contributed by atoms with van der Waals surface area (Å²) >= 11 is 0. The molecular weight excluding hydrogens is 298 g/mol. The van der Waals surface area contributed by atoms with Gasteiger partial charge in [0.25, 0.3) is 0 Å². The van der Waals surface area contributed by atoms with Crippen LogP contribution in [0.2, 0.25) is 0 Å². The summed E-state index contributed by atoms with van der Waals surface area (Å²) in [4.78, 5) is 14.8. The van der Waals surface area contributed by atoms with Crippen molar-refractivity contribution in [2.24, 2.45) is 11.8 Å². The predicted octanol–water partition coefficient (Wildman–Crippen LogP) is 4.06. The Hall–Kier alpha value is -1.35. The summed E-state index contributed by atoms with van der Waals surface area (Å²) in [6, 6.07) is 10.6. The zero-order valence-corrected chi connectivity index (χ0v) is 15.2. The molecule has 1 amide bonds. The van der Waals surface area contributed by atoms with E-state index in [0.29, 0.717) is 24.2 Å². The second-order valence-corrected chi connectivity index (χ2v) is 8.10. The van der Waals surface area contributed by atoms with Gasteiger partial charge < -0.3 is 9.64 Å². The lowest BCUT2D eigenvalue weighted by atomic mass is 9.75. The van der Waals surface area contributed by atoms with Gasteiger partial charge in [-0.05, 0) is 63.4 Å². The monoisotopic (exact) mass is 329 g/mol. The summed E-state index contributed by atoms with van der Waals surface area (Å²) < 4.78 is 5.91. The smallest absolute Gasteiger partial charge is 0.222 e. The van der Waals surface area contributed by atoms with E-state index in [2.05, 4.69) is 49.1 Å². The molecule has 2 fully saturated rings. The lowest BCUT2D eigenvalue weighted by Crippen LogP contribution is -2.39. The van der Waals surface area contributed by atoms with E-state index in [1.165, 1.54) is 18.4 Å².